The maximum absolute atomic E-state index is 10.9. The van der Waals surface area contributed by atoms with Crippen molar-refractivity contribution in [3.05, 3.63) is 29.8 Å². The minimum atomic E-state index is -0.0428. The van der Waals surface area contributed by atoms with Crippen LogP contribution >= 0.6 is 0 Å². The molecule has 15 heavy (non-hydrogen) atoms. The van der Waals surface area contributed by atoms with Crippen molar-refractivity contribution in [2.75, 3.05) is 18.9 Å². The number of hydrogen-bond donors (Lipinski definition) is 2. The Labute approximate surface area is 88.4 Å². The maximum atomic E-state index is 10.9. The molecule has 4 heteroatoms. The molecule has 1 unspecified atom stereocenters. The zero-order valence-corrected chi connectivity index (χ0v) is 8.40. The maximum Gasteiger partial charge on any atom is 0.246 e. The summed E-state index contributed by atoms with van der Waals surface area (Å²) < 4.78 is 5.38. The Morgan fingerprint density at radius 3 is 3.07 bits per heavy atom. The fraction of sp³-hybridized carbons (Fsp3) is 0.364. The quantitative estimate of drug-likeness (QED) is 0.685. The summed E-state index contributed by atoms with van der Waals surface area (Å²) in [5, 5.41) is 2.77. The summed E-state index contributed by atoms with van der Waals surface area (Å²) in [6, 6.07) is 7.72. The predicted octanol–water partition coefficient (Wildman–Crippen LogP) is 0.326. The molecule has 0 bridgehead atoms. The van der Waals surface area contributed by atoms with Crippen LogP contribution in [0.1, 0.15) is 5.56 Å². The van der Waals surface area contributed by atoms with Gasteiger partial charge in [-0.05, 0) is 17.7 Å². The topological polar surface area (TPSA) is 64.3 Å². The van der Waals surface area contributed by atoms with E-state index >= 15 is 0 Å². The van der Waals surface area contributed by atoms with E-state index in [1.165, 1.54) is 0 Å². The number of carbonyl (C=O) groups is 1. The molecule has 1 amide bonds. The number of morpholine rings is 1. The number of carbonyl (C=O) groups excluding carboxylic acids is 1. The molecule has 1 fully saturated rings. The van der Waals surface area contributed by atoms with Crippen LogP contribution in [0.3, 0.4) is 0 Å². The molecule has 2 rings (SSSR count). The van der Waals surface area contributed by atoms with Gasteiger partial charge in [0.15, 0.2) is 0 Å². The van der Waals surface area contributed by atoms with Crippen LogP contribution in [0.25, 0.3) is 0 Å². The molecule has 1 saturated heterocycles. The number of anilines is 1. The van der Waals surface area contributed by atoms with Crippen molar-refractivity contribution in [3.8, 4) is 0 Å². The molecule has 0 aliphatic carbocycles. The summed E-state index contributed by atoms with van der Waals surface area (Å²) in [5.41, 5.74) is 7.57. The lowest BCUT2D eigenvalue weighted by Gasteiger charge is -2.23. The first kappa shape index (κ1) is 9.98. The normalized spacial score (nSPS) is 21.1. The van der Waals surface area contributed by atoms with Crippen LogP contribution in [0, 0.1) is 0 Å². The molecule has 4 nitrogen and oxygen atoms in total. The Kier molecular flexibility index (Phi) is 2.87. The van der Waals surface area contributed by atoms with Crippen molar-refractivity contribution in [1.29, 1.82) is 0 Å². The first-order valence-corrected chi connectivity index (χ1v) is 4.97. The molecule has 0 spiro atoms. The van der Waals surface area contributed by atoms with Gasteiger partial charge in [-0.1, -0.05) is 12.1 Å². The molecular weight excluding hydrogens is 192 g/mol. The number of benzene rings is 1. The molecule has 0 saturated carbocycles. The smallest absolute Gasteiger partial charge is 0.246 e. The van der Waals surface area contributed by atoms with Crippen LogP contribution < -0.4 is 11.1 Å². The predicted molar refractivity (Wildman–Crippen MR) is 57.3 cm³/mol. The number of rotatable bonds is 2. The molecule has 0 aromatic heterocycles. The highest BCUT2D eigenvalue weighted by atomic mass is 16.5. The number of amides is 1. The summed E-state index contributed by atoms with van der Waals surface area (Å²) in [6.45, 7) is 0.737. The second-order valence-corrected chi connectivity index (χ2v) is 3.69. The Balaban J connectivity index is 1.94. The molecule has 1 heterocycles. The minimum absolute atomic E-state index is 0.0428. The van der Waals surface area contributed by atoms with Gasteiger partial charge >= 0.3 is 0 Å². The molecule has 1 aromatic carbocycles. The molecule has 1 aliphatic heterocycles. The SMILES string of the molecule is Nc1cccc(CC2CNC(=O)CO2)c1. The van der Waals surface area contributed by atoms with E-state index in [2.05, 4.69) is 5.32 Å². The van der Waals surface area contributed by atoms with E-state index in [4.69, 9.17) is 10.5 Å². The molecule has 1 atom stereocenters. The standard InChI is InChI=1S/C11H14N2O2/c12-9-3-1-2-8(4-9)5-10-6-13-11(14)7-15-10/h1-4,10H,5-7,12H2,(H,13,14). The van der Waals surface area contributed by atoms with Gasteiger partial charge in [0.2, 0.25) is 5.91 Å². The first-order valence-electron chi connectivity index (χ1n) is 4.97. The number of hydrogen-bond acceptors (Lipinski definition) is 3. The van der Waals surface area contributed by atoms with E-state index < -0.39 is 0 Å². The molecule has 1 aliphatic rings. The summed E-state index contributed by atoms with van der Waals surface area (Å²) in [7, 11) is 0. The Bertz CT molecular complexity index is 355. The highest BCUT2D eigenvalue weighted by Crippen LogP contribution is 2.11. The number of ether oxygens (including phenoxy) is 1. The van der Waals surface area contributed by atoms with Gasteiger partial charge in [-0.15, -0.1) is 0 Å². The minimum Gasteiger partial charge on any atom is -0.399 e. The van der Waals surface area contributed by atoms with Gasteiger partial charge in [0, 0.05) is 18.7 Å². The van der Waals surface area contributed by atoms with Crippen molar-refractivity contribution in [1.82, 2.24) is 5.32 Å². The average Bonchev–Trinajstić information content (AvgIpc) is 2.22. The van der Waals surface area contributed by atoms with Gasteiger partial charge < -0.3 is 15.8 Å². The van der Waals surface area contributed by atoms with Gasteiger partial charge in [0.25, 0.3) is 0 Å². The molecule has 0 radical (unpaired) electrons. The van der Waals surface area contributed by atoms with Gasteiger partial charge in [-0.25, -0.2) is 0 Å². The van der Waals surface area contributed by atoms with Crippen molar-refractivity contribution >= 4 is 11.6 Å². The van der Waals surface area contributed by atoms with Gasteiger partial charge in [0.1, 0.15) is 6.61 Å². The molecule has 3 N–H and O–H groups in total. The fourth-order valence-corrected chi connectivity index (χ4v) is 1.65. The van der Waals surface area contributed by atoms with Crippen molar-refractivity contribution in [3.63, 3.8) is 0 Å². The van der Waals surface area contributed by atoms with Gasteiger partial charge in [-0.3, -0.25) is 4.79 Å². The van der Waals surface area contributed by atoms with Crippen LogP contribution in [-0.4, -0.2) is 25.2 Å². The lowest BCUT2D eigenvalue weighted by molar-refractivity contribution is -0.133. The van der Waals surface area contributed by atoms with E-state index in [9.17, 15) is 4.79 Å². The number of nitrogen functional groups attached to an aromatic ring is 1. The fourth-order valence-electron chi connectivity index (χ4n) is 1.65. The number of nitrogens with two attached hydrogens (primary N) is 1. The Hall–Kier alpha value is -1.55. The largest absolute Gasteiger partial charge is 0.399 e. The number of nitrogens with one attached hydrogen (secondary N) is 1. The third-order valence-corrected chi connectivity index (χ3v) is 2.39. The Morgan fingerprint density at radius 2 is 2.40 bits per heavy atom. The lowest BCUT2D eigenvalue weighted by Crippen LogP contribution is -2.43. The third kappa shape index (κ3) is 2.70. The van der Waals surface area contributed by atoms with Gasteiger partial charge in [0.05, 0.1) is 6.10 Å². The van der Waals surface area contributed by atoms with Crippen LogP contribution in [0.5, 0.6) is 0 Å². The highest BCUT2D eigenvalue weighted by molar-refractivity contribution is 5.77. The lowest BCUT2D eigenvalue weighted by atomic mass is 10.1. The Morgan fingerprint density at radius 1 is 1.53 bits per heavy atom. The molecule has 1 aromatic rings. The van der Waals surface area contributed by atoms with E-state index in [-0.39, 0.29) is 18.6 Å². The van der Waals surface area contributed by atoms with E-state index in [0.717, 1.165) is 17.7 Å². The van der Waals surface area contributed by atoms with Crippen LogP contribution in [0.2, 0.25) is 0 Å². The van der Waals surface area contributed by atoms with Crippen LogP contribution in [-0.2, 0) is 16.0 Å². The zero-order valence-electron chi connectivity index (χ0n) is 8.40. The second kappa shape index (κ2) is 4.31. The van der Waals surface area contributed by atoms with E-state index in [1.807, 2.05) is 24.3 Å². The van der Waals surface area contributed by atoms with Crippen LogP contribution in [0.15, 0.2) is 24.3 Å². The summed E-state index contributed by atoms with van der Waals surface area (Å²) in [4.78, 5) is 10.9. The third-order valence-electron chi connectivity index (χ3n) is 2.39. The summed E-state index contributed by atoms with van der Waals surface area (Å²) in [6.07, 6.45) is 0.843. The molecule has 80 valence electrons. The highest BCUT2D eigenvalue weighted by Gasteiger charge is 2.18. The van der Waals surface area contributed by atoms with E-state index in [0.29, 0.717) is 6.54 Å². The van der Waals surface area contributed by atoms with Crippen molar-refractivity contribution < 1.29 is 9.53 Å². The van der Waals surface area contributed by atoms with Gasteiger partial charge in [-0.2, -0.15) is 0 Å². The first-order chi connectivity index (χ1) is 7.24. The summed E-state index contributed by atoms with van der Waals surface area (Å²) in [5.74, 6) is -0.0428. The van der Waals surface area contributed by atoms with Crippen molar-refractivity contribution in [2.45, 2.75) is 12.5 Å². The van der Waals surface area contributed by atoms with E-state index in [1.54, 1.807) is 0 Å². The summed E-state index contributed by atoms with van der Waals surface area (Å²) >= 11 is 0. The second-order valence-electron chi connectivity index (χ2n) is 3.69. The monoisotopic (exact) mass is 206 g/mol. The van der Waals surface area contributed by atoms with Crippen LogP contribution in [0.4, 0.5) is 5.69 Å². The molecular formula is C11H14N2O2. The van der Waals surface area contributed by atoms with Crippen molar-refractivity contribution in [2.24, 2.45) is 0 Å². The zero-order chi connectivity index (χ0) is 10.7. The average molecular weight is 206 g/mol.